The van der Waals surface area contributed by atoms with Crippen LogP contribution in [0.2, 0.25) is 0 Å². The van der Waals surface area contributed by atoms with Crippen molar-refractivity contribution < 1.29 is 0 Å². The highest BCUT2D eigenvalue weighted by atomic mass is 15.1. The van der Waals surface area contributed by atoms with Gasteiger partial charge < -0.3 is 9.88 Å². The molecule has 0 bridgehead atoms. The lowest BCUT2D eigenvalue weighted by molar-refractivity contribution is 0.527. The second kappa shape index (κ2) is 11.5. The molecule has 0 aliphatic heterocycles. The molecular weight excluding hydrogens is 595 g/mol. The molecule has 3 heteroatoms. The van der Waals surface area contributed by atoms with Gasteiger partial charge in [0.05, 0.1) is 23.7 Å². The van der Waals surface area contributed by atoms with Crippen LogP contribution in [0.3, 0.4) is 0 Å². The second-order valence-corrected chi connectivity index (χ2v) is 13.8. The Hall–Kier alpha value is -5.64. The summed E-state index contributed by atoms with van der Waals surface area (Å²) in [4.78, 5) is 0. The minimum Gasteiger partial charge on any atom is -0.388 e. The highest BCUT2D eigenvalue weighted by Gasteiger charge is 2.36. The van der Waals surface area contributed by atoms with Crippen molar-refractivity contribution in [1.82, 2.24) is 9.88 Å². The van der Waals surface area contributed by atoms with Crippen LogP contribution in [0.1, 0.15) is 42.1 Å². The molecule has 1 aromatic heterocycles. The number of hydrogen-bond acceptors (Lipinski definition) is 2. The summed E-state index contributed by atoms with van der Waals surface area (Å²) in [5, 5.41) is 12.6. The first-order valence-corrected chi connectivity index (χ1v) is 17.3. The molecule has 9 rings (SSSR count). The number of fused-ring (bicyclic) bond motifs is 7. The Bertz CT molecular complexity index is 2520. The van der Waals surface area contributed by atoms with Crippen LogP contribution in [-0.2, 0) is 12.1 Å². The molecule has 8 aromatic rings. The maximum absolute atomic E-state index is 4.02. The molecule has 7 aromatic carbocycles. The summed E-state index contributed by atoms with van der Waals surface area (Å²) in [6.45, 7) is 5.38. The number of rotatable bonds is 7. The van der Waals surface area contributed by atoms with E-state index in [2.05, 4.69) is 181 Å². The zero-order valence-corrected chi connectivity index (χ0v) is 28.2. The Labute approximate surface area is 287 Å². The molecule has 0 saturated carbocycles. The monoisotopic (exact) mass is 633 g/mol. The summed E-state index contributed by atoms with van der Waals surface area (Å²) in [6.07, 6.45) is 0. The molecule has 1 aliphatic carbocycles. The van der Waals surface area contributed by atoms with Gasteiger partial charge in [-0.25, -0.2) is 0 Å². The van der Waals surface area contributed by atoms with Crippen molar-refractivity contribution in [3.63, 3.8) is 0 Å². The fraction of sp³-hybridized carbons (Fsp3) is 0.130. The number of aromatic nitrogens is 1. The van der Waals surface area contributed by atoms with Crippen molar-refractivity contribution >= 4 is 38.3 Å². The Kier molecular flexibility index (Phi) is 6.93. The van der Waals surface area contributed by atoms with Crippen LogP contribution in [0, 0.1) is 0 Å². The van der Waals surface area contributed by atoms with E-state index in [1.54, 1.807) is 0 Å². The molecule has 0 amide bonds. The molecule has 2 N–H and O–H groups in total. The van der Waals surface area contributed by atoms with Gasteiger partial charge in [-0.2, -0.15) is 0 Å². The second-order valence-electron chi connectivity index (χ2n) is 13.8. The average Bonchev–Trinajstić information content (AvgIpc) is 3.58. The van der Waals surface area contributed by atoms with E-state index in [-0.39, 0.29) is 11.5 Å². The minimum atomic E-state index is -0.0391. The van der Waals surface area contributed by atoms with Crippen molar-refractivity contribution in [3.8, 4) is 22.3 Å². The standard InChI is InChI=1S/C46H39N3/c1-46(2)40-17-9-6-14-35(40)38-28-44-39(27-41(38)46)36-15-8-11-19-43(36)49(44)29-48-45(37-16-7-10-18-42(37)47-3)32-23-20-31(21-24-32)34-25-22-30-12-4-5-13-33(30)26-34/h4-28,45,47-48H,29H2,1-3H3. The van der Waals surface area contributed by atoms with Crippen LogP contribution in [-0.4, -0.2) is 11.6 Å². The normalized spacial score (nSPS) is 13.9. The predicted octanol–water partition coefficient (Wildman–Crippen LogP) is 11.3. The fourth-order valence-electron chi connectivity index (χ4n) is 8.22. The highest BCUT2D eigenvalue weighted by Crippen LogP contribution is 2.50. The van der Waals surface area contributed by atoms with Gasteiger partial charge in [0.2, 0.25) is 0 Å². The molecular formula is C46H39N3. The van der Waals surface area contributed by atoms with Gasteiger partial charge in [0.1, 0.15) is 0 Å². The molecule has 1 unspecified atom stereocenters. The summed E-state index contributed by atoms with van der Waals surface area (Å²) < 4.78 is 2.47. The molecule has 49 heavy (non-hydrogen) atoms. The number of benzene rings is 7. The van der Waals surface area contributed by atoms with Gasteiger partial charge in [0.15, 0.2) is 0 Å². The summed E-state index contributed by atoms with van der Waals surface area (Å²) in [7, 11) is 2.01. The van der Waals surface area contributed by atoms with Gasteiger partial charge in [-0.1, -0.05) is 135 Å². The summed E-state index contributed by atoms with van der Waals surface area (Å²) in [5.41, 5.74) is 14.0. The quantitative estimate of drug-likeness (QED) is 0.183. The third-order valence-electron chi connectivity index (χ3n) is 10.8. The summed E-state index contributed by atoms with van der Waals surface area (Å²) in [5.74, 6) is 0. The van der Waals surface area contributed by atoms with Crippen LogP contribution in [0.4, 0.5) is 5.69 Å². The van der Waals surface area contributed by atoms with Gasteiger partial charge >= 0.3 is 0 Å². The lowest BCUT2D eigenvalue weighted by atomic mass is 9.82. The van der Waals surface area contributed by atoms with Crippen LogP contribution < -0.4 is 10.6 Å². The summed E-state index contributed by atoms with van der Waals surface area (Å²) >= 11 is 0. The van der Waals surface area contributed by atoms with E-state index in [0.29, 0.717) is 6.67 Å². The minimum absolute atomic E-state index is 0.0281. The number of nitrogens with one attached hydrogen (secondary N) is 2. The smallest absolute Gasteiger partial charge is 0.0739 e. The molecule has 0 fully saturated rings. The van der Waals surface area contributed by atoms with E-state index in [4.69, 9.17) is 0 Å². The van der Waals surface area contributed by atoms with Crippen molar-refractivity contribution in [1.29, 1.82) is 0 Å². The largest absolute Gasteiger partial charge is 0.388 e. The zero-order valence-electron chi connectivity index (χ0n) is 28.2. The first-order chi connectivity index (χ1) is 24.0. The number of hydrogen-bond donors (Lipinski definition) is 2. The molecule has 0 saturated heterocycles. The van der Waals surface area contributed by atoms with Crippen LogP contribution in [0.5, 0.6) is 0 Å². The van der Waals surface area contributed by atoms with Crippen LogP contribution >= 0.6 is 0 Å². The Balaban J connectivity index is 1.13. The first-order valence-electron chi connectivity index (χ1n) is 17.3. The van der Waals surface area contributed by atoms with E-state index in [1.165, 1.54) is 77.1 Å². The maximum Gasteiger partial charge on any atom is 0.0739 e. The van der Waals surface area contributed by atoms with Gasteiger partial charge in [-0.15, -0.1) is 0 Å². The van der Waals surface area contributed by atoms with Crippen LogP contribution in [0.25, 0.3) is 54.8 Å². The SMILES string of the molecule is CNc1ccccc1C(NCn1c2ccccc2c2cc3c(cc21)-c1ccccc1C3(C)C)c1ccc(-c2ccc3ccccc3c2)cc1. The molecule has 238 valence electrons. The molecule has 1 heterocycles. The lowest BCUT2D eigenvalue weighted by Gasteiger charge is -2.24. The molecule has 0 radical (unpaired) electrons. The van der Waals surface area contributed by atoms with Crippen LogP contribution in [0.15, 0.2) is 152 Å². The van der Waals surface area contributed by atoms with Crippen molar-refractivity contribution in [2.45, 2.75) is 32.0 Å². The number of para-hydroxylation sites is 2. The van der Waals surface area contributed by atoms with Gasteiger partial charge in [0, 0.05) is 28.9 Å². The zero-order chi connectivity index (χ0) is 33.1. The van der Waals surface area contributed by atoms with E-state index in [1.807, 2.05) is 7.05 Å². The molecule has 0 spiro atoms. The first kappa shape index (κ1) is 29.5. The fourth-order valence-corrected chi connectivity index (χ4v) is 8.22. The van der Waals surface area contributed by atoms with E-state index in [9.17, 15) is 0 Å². The number of nitrogens with zero attached hydrogens (tertiary/aromatic N) is 1. The van der Waals surface area contributed by atoms with E-state index < -0.39 is 0 Å². The van der Waals surface area contributed by atoms with E-state index >= 15 is 0 Å². The van der Waals surface area contributed by atoms with Crippen molar-refractivity contribution in [2.24, 2.45) is 0 Å². The average molecular weight is 634 g/mol. The van der Waals surface area contributed by atoms with Crippen molar-refractivity contribution in [2.75, 3.05) is 12.4 Å². The molecule has 3 nitrogen and oxygen atoms in total. The topological polar surface area (TPSA) is 29.0 Å². The number of anilines is 1. The van der Waals surface area contributed by atoms with Gasteiger partial charge in [-0.05, 0) is 85.6 Å². The Morgan fingerprint density at radius 3 is 2.14 bits per heavy atom. The lowest BCUT2D eigenvalue weighted by Crippen LogP contribution is -2.26. The van der Waals surface area contributed by atoms with Crippen molar-refractivity contribution in [3.05, 3.63) is 174 Å². The Morgan fingerprint density at radius 1 is 0.571 bits per heavy atom. The summed E-state index contributed by atoms with van der Waals surface area (Å²) in [6, 6.07) is 55.6. The molecule has 1 atom stereocenters. The predicted molar refractivity (Wildman–Crippen MR) is 207 cm³/mol. The molecule has 1 aliphatic rings. The van der Waals surface area contributed by atoms with Gasteiger partial charge in [-0.3, -0.25) is 5.32 Å². The maximum atomic E-state index is 4.02. The Morgan fingerprint density at radius 2 is 1.29 bits per heavy atom. The third kappa shape index (κ3) is 4.76. The van der Waals surface area contributed by atoms with Gasteiger partial charge in [0.25, 0.3) is 0 Å². The third-order valence-corrected chi connectivity index (χ3v) is 10.8. The highest BCUT2D eigenvalue weighted by molar-refractivity contribution is 6.10. The van der Waals surface area contributed by atoms with E-state index in [0.717, 1.165) is 5.69 Å².